The maximum Gasteiger partial charge on any atom is 0.416 e. The molecule has 0 atom stereocenters. The van der Waals surface area contributed by atoms with Crippen LogP contribution in [0.2, 0.25) is 0 Å². The number of piperazine rings is 1. The van der Waals surface area contributed by atoms with E-state index in [4.69, 9.17) is 0 Å². The lowest BCUT2D eigenvalue weighted by Crippen LogP contribution is -2.53. The van der Waals surface area contributed by atoms with Crippen LogP contribution in [0.5, 0.6) is 0 Å². The molecule has 4 rings (SSSR count). The smallest absolute Gasteiger partial charge is 0.338 e. The highest BCUT2D eigenvalue weighted by Crippen LogP contribution is 2.30. The van der Waals surface area contributed by atoms with E-state index in [2.05, 4.69) is 0 Å². The van der Waals surface area contributed by atoms with Gasteiger partial charge in [-0.05, 0) is 30.3 Å². The third kappa shape index (κ3) is 3.95. The molecule has 0 aliphatic carbocycles. The van der Waals surface area contributed by atoms with Crippen molar-refractivity contribution in [1.82, 2.24) is 14.7 Å². The molecule has 32 heavy (non-hydrogen) atoms. The molecule has 1 saturated heterocycles. The first-order valence-corrected chi connectivity index (χ1v) is 9.86. The van der Waals surface area contributed by atoms with Crippen LogP contribution in [0.4, 0.5) is 13.2 Å². The number of halogens is 3. The molecule has 0 bridgehead atoms. The van der Waals surface area contributed by atoms with Crippen LogP contribution in [0, 0.1) is 0 Å². The molecular weight excluding hydrogens is 427 g/mol. The molecule has 2 aromatic carbocycles. The van der Waals surface area contributed by atoms with Gasteiger partial charge in [0.25, 0.3) is 17.7 Å². The predicted molar refractivity (Wildman–Crippen MR) is 106 cm³/mol. The van der Waals surface area contributed by atoms with Crippen molar-refractivity contribution in [3.63, 3.8) is 0 Å². The molecule has 0 N–H and O–H groups in total. The van der Waals surface area contributed by atoms with Gasteiger partial charge in [-0.25, -0.2) is 0 Å². The third-order valence-electron chi connectivity index (χ3n) is 5.53. The van der Waals surface area contributed by atoms with Gasteiger partial charge in [-0.3, -0.25) is 24.1 Å². The maximum atomic E-state index is 12.9. The number of rotatable bonds is 3. The Morgan fingerprint density at radius 2 is 1.38 bits per heavy atom. The second-order valence-corrected chi connectivity index (χ2v) is 7.49. The van der Waals surface area contributed by atoms with Crippen LogP contribution in [-0.4, -0.2) is 71.1 Å². The molecule has 0 saturated carbocycles. The summed E-state index contributed by atoms with van der Waals surface area (Å²) in [5.41, 5.74) is -0.479. The van der Waals surface area contributed by atoms with Crippen molar-refractivity contribution in [2.45, 2.75) is 6.18 Å². The quantitative estimate of drug-likeness (QED) is 0.680. The first-order chi connectivity index (χ1) is 15.2. The average Bonchev–Trinajstić information content (AvgIpc) is 3.03. The number of nitrogens with zero attached hydrogens (tertiary/aromatic N) is 3. The molecule has 7 nitrogen and oxygen atoms in total. The standard InChI is InChI=1S/C22H18F3N3O4/c23-22(24,25)15-5-3-4-14(12-15)19(30)27-10-8-26(9-11-27)18(29)13-28-20(31)16-6-1-2-7-17(16)21(28)32/h1-7,12H,8-11,13H2. The highest BCUT2D eigenvalue weighted by atomic mass is 19.4. The Morgan fingerprint density at radius 3 is 1.94 bits per heavy atom. The van der Waals surface area contributed by atoms with E-state index in [0.717, 1.165) is 17.0 Å². The first kappa shape index (κ1) is 21.5. The lowest BCUT2D eigenvalue weighted by atomic mass is 10.1. The fourth-order valence-electron chi connectivity index (χ4n) is 3.79. The van der Waals surface area contributed by atoms with Gasteiger partial charge in [0.15, 0.2) is 0 Å². The number of hydrogen-bond acceptors (Lipinski definition) is 4. The Morgan fingerprint density at radius 1 is 0.812 bits per heavy atom. The van der Waals surface area contributed by atoms with Crippen molar-refractivity contribution in [2.75, 3.05) is 32.7 Å². The van der Waals surface area contributed by atoms with Crippen LogP contribution in [0.3, 0.4) is 0 Å². The zero-order chi connectivity index (χ0) is 23.0. The normalized spacial score (nSPS) is 16.4. The second kappa shape index (κ2) is 8.10. The van der Waals surface area contributed by atoms with E-state index in [1.54, 1.807) is 12.1 Å². The summed E-state index contributed by atoms with van der Waals surface area (Å²) in [6, 6.07) is 10.5. The fourth-order valence-corrected chi connectivity index (χ4v) is 3.79. The topological polar surface area (TPSA) is 78.0 Å². The van der Waals surface area contributed by atoms with Crippen LogP contribution in [0.15, 0.2) is 48.5 Å². The minimum atomic E-state index is -4.55. The lowest BCUT2D eigenvalue weighted by molar-refractivity contribution is -0.137. The Kier molecular flexibility index (Phi) is 5.45. The number of carbonyl (C=O) groups is 4. The van der Waals surface area contributed by atoms with Crippen LogP contribution < -0.4 is 0 Å². The summed E-state index contributed by atoms with van der Waals surface area (Å²) in [7, 11) is 0. The van der Waals surface area contributed by atoms with Crippen molar-refractivity contribution in [3.05, 3.63) is 70.8 Å². The molecule has 10 heteroatoms. The Balaban J connectivity index is 1.36. The van der Waals surface area contributed by atoms with Crippen molar-refractivity contribution in [3.8, 4) is 0 Å². The number of imide groups is 1. The van der Waals surface area contributed by atoms with Crippen LogP contribution in [-0.2, 0) is 11.0 Å². The van der Waals surface area contributed by atoms with Crippen LogP contribution >= 0.6 is 0 Å². The highest BCUT2D eigenvalue weighted by molar-refractivity contribution is 6.22. The summed E-state index contributed by atoms with van der Waals surface area (Å²) in [4.78, 5) is 53.8. The van der Waals surface area contributed by atoms with Gasteiger partial charge in [0.05, 0.1) is 16.7 Å². The monoisotopic (exact) mass is 445 g/mol. The third-order valence-corrected chi connectivity index (χ3v) is 5.53. The molecular formula is C22H18F3N3O4. The minimum Gasteiger partial charge on any atom is -0.338 e. The SMILES string of the molecule is O=C(CN1C(=O)c2ccccc2C1=O)N1CCN(C(=O)c2cccc(C(F)(F)F)c2)CC1. The molecule has 166 valence electrons. The van der Waals surface area contributed by atoms with Gasteiger partial charge < -0.3 is 9.80 Å². The van der Waals surface area contributed by atoms with E-state index >= 15 is 0 Å². The Bertz CT molecular complexity index is 1070. The highest BCUT2D eigenvalue weighted by Gasteiger charge is 2.37. The van der Waals surface area contributed by atoms with Gasteiger partial charge >= 0.3 is 6.18 Å². The molecule has 2 heterocycles. The molecule has 1 fully saturated rings. The first-order valence-electron chi connectivity index (χ1n) is 9.86. The van der Waals surface area contributed by atoms with Gasteiger partial charge in [0.2, 0.25) is 5.91 Å². The summed E-state index contributed by atoms with van der Waals surface area (Å²) in [6.45, 7) is 0.138. The van der Waals surface area contributed by atoms with Gasteiger partial charge in [-0.1, -0.05) is 18.2 Å². The van der Waals surface area contributed by atoms with Crippen molar-refractivity contribution >= 4 is 23.6 Å². The molecule has 0 radical (unpaired) electrons. The summed E-state index contributed by atoms with van der Waals surface area (Å²) in [5, 5.41) is 0. The van der Waals surface area contributed by atoms with Gasteiger partial charge in [0.1, 0.15) is 6.54 Å². The van der Waals surface area contributed by atoms with Gasteiger partial charge in [-0.15, -0.1) is 0 Å². The Hall–Kier alpha value is -3.69. The summed E-state index contributed by atoms with van der Waals surface area (Å²) in [6.07, 6.45) is -4.55. The van der Waals surface area contributed by atoms with E-state index in [-0.39, 0.29) is 42.9 Å². The number of amides is 4. The molecule has 0 spiro atoms. The maximum absolute atomic E-state index is 12.9. The van der Waals surface area contributed by atoms with E-state index in [9.17, 15) is 32.3 Å². The minimum absolute atomic E-state index is 0.0781. The predicted octanol–water partition coefficient (Wildman–Crippen LogP) is 2.29. The average molecular weight is 445 g/mol. The van der Waals surface area contributed by atoms with E-state index < -0.39 is 41.9 Å². The van der Waals surface area contributed by atoms with Crippen molar-refractivity contribution in [1.29, 1.82) is 0 Å². The largest absolute Gasteiger partial charge is 0.416 e. The van der Waals surface area contributed by atoms with E-state index in [1.165, 1.54) is 34.1 Å². The molecule has 4 amide bonds. The second-order valence-electron chi connectivity index (χ2n) is 7.49. The number of benzene rings is 2. The van der Waals surface area contributed by atoms with Gasteiger partial charge in [-0.2, -0.15) is 13.2 Å². The van der Waals surface area contributed by atoms with Crippen molar-refractivity contribution < 1.29 is 32.3 Å². The summed E-state index contributed by atoms with van der Waals surface area (Å²) in [5.74, 6) is -2.05. The van der Waals surface area contributed by atoms with E-state index in [1.807, 2.05) is 0 Å². The number of alkyl halides is 3. The lowest BCUT2D eigenvalue weighted by Gasteiger charge is -2.35. The van der Waals surface area contributed by atoms with E-state index in [0.29, 0.717) is 0 Å². The molecule has 0 aromatic heterocycles. The molecule has 2 aliphatic heterocycles. The zero-order valence-electron chi connectivity index (χ0n) is 16.8. The number of hydrogen-bond donors (Lipinski definition) is 0. The van der Waals surface area contributed by atoms with Crippen LogP contribution in [0.1, 0.15) is 36.6 Å². The summed E-state index contributed by atoms with van der Waals surface area (Å²) >= 11 is 0. The molecule has 2 aliphatic rings. The fraction of sp³-hybridized carbons (Fsp3) is 0.273. The summed E-state index contributed by atoms with van der Waals surface area (Å²) < 4.78 is 38.7. The van der Waals surface area contributed by atoms with Crippen LogP contribution in [0.25, 0.3) is 0 Å². The Labute approximate surface area is 181 Å². The molecule has 2 aromatic rings. The van der Waals surface area contributed by atoms with Crippen molar-refractivity contribution in [2.24, 2.45) is 0 Å². The number of carbonyl (C=O) groups excluding carboxylic acids is 4. The van der Waals surface area contributed by atoms with Gasteiger partial charge in [0, 0.05) is 31.7 Å². The zero-order valence-corrected chi connectivity index (χ0v) is 16.8. The number of fused-ring (bicyclic) bond motifs is 1. The molecule has 0 unspecified atom stereocenters.